The Balaban J connectivity index is 1.48. The maximum absolute atomic E-state index is 14.1. The van der Waals surface area contributed by atoms with Crippen molar-refractivity contribution in [1.29, 1.82) is 0 Å². The third-order valence-electron chi connectivity index (χ3n) is 7.37. The Hall–Kier alpha value is -4.40. The topological polar surface area (TPSA) is 88.7 Å². The van der Waals surface area contributed by atoms with Gasteiger partial charge in [-0.2, -0.15) is 5.10 Å². The molecular formula is C31H25Cl2N5O3. The van der Waals surface area contributed by atoms with Crippen molar-refractivity contribution in [3.63, 3.8) is 0 Å². The molecule has 0 saturated carbocycles. The number of carbonyl (C=O) groups is 2. The van der Waals surface area contributed by atoms with Crippen molar-refractivity contribution < 1.29 is 9.59 Å². The zero-order chi connectivity index (χ0) is 28.7. The Morgan fingerprint density at radius 2 is 1.68 bits per heavy atom. The van der Waals surface area contributed by atoms with Crippen LogP contribution >= 0.6 is 23.2 Å². The largest absolute Gasteiger partial charge is 0.355 e. The van der Waals surface area contributed by atoms with Crippen molar-refractivity contribution >= 4 is 40.7 Å². The fraction of sp³-hybridized carbons (Fsp3) is 0.161. The van der Waals surface area contributed by atoms with E-state index >= 15 is 0 Å². The number of hydrogen-bond donors (Lipinski definition) is 1. The average Bonchev–Trinajstić information content (AvgIpc) is 3.41. The number of benzene rings is 3. The molecule has 0 bridgehead atoms. The van der Waals surface area contributed by atoms with Crippen molar-refractivity contribution in [2.45, 2.75) is 19.4 Å². The molecule has 0 radical (unpaired) electrons. The highest BCUT2D eigenvalue weighted by Gasteiger charge is 2.29. The van der Waals surface area contributed by atoms with Crippen molar-refractivity contribution in [1.82, 2.24) is 24.4 Å². The van der Waals surface area contributed by atoms with E-state index in [1.165, 1.54) is 0 Å². The van der Waals surface area contributed by atoms with Crippen LogP contribution < -0.4 is 10.9 Å². The Kier molecular flexibility index (Phi) is 7.11. The summed E-state index contributed by atoms with van der Waals surface area (Å²) in [7, 11) is 1.57. The zero-order valence-corrected chi connectivity index (χ0v) is 23.6. The lowest BCUT2D eigenvalue weighted by molar-refractivity contribution is 0.0729. The molecule has 206 valence electrons. The van der Waals surface area contributed by atoms with E-state index in [-0.39, 0.29) is 23.9 Å². The van der Waals surface area contributed by atoms with Crippen LogP contribution in [0.25, 0.3) is 11.3 Å². The molecule has 1 aliphatic heterocycles. The van der Waals surface area contributed by atoms with Crippen LogP contribution in [-0.2, 0) is 19.4 Å². The van der Waals surface area contributed by atoms with Crippen LogP contribution in [0.2, 0.25) is 10.0 Å². The summed E-state index contributed by atoms with van der Waals surface area (Å²) < 4.78 is 3.43. The van der Waals surface area contributed by atoms with Gasteiger partial charge in [-0.15, -0.1) is 0 Å². The van der Waals surface area contributed by atoms with Crippen LogP contribution in [-0.4, -0.2) is 44.5 Å². The first-order chi connectivity index (χ1) is 19.9. The van der Waals surface area contributed by atoms with E-state index < -0.39 is 0 Å². The first-order valence-electron chi connectivity index (χ1n) is 13.1. The predicted octanol–water partition coefficient (Wildman–Crippen LogP) is 4.94. The number of rotatable bonds is 5. The minimum absolute atomic E-state index is 0.170. The number of carbonyl (C=O) groups excluding carboxylic acids is 2. The van der Waals surface area contributed by atoms with E-state index in [1.54, 1.807) is 69.7 Å². The van der Waals surface area contributed by atoms with Gasteiger partial charge < -0.3 is 10.2 Å². The summed E-state index contributed by atoms with van der Waals surface area (Å²) in [6.07, 6.45) is 2.70. The quantitative estimate of drug-likeness (QED) is 0.316. The molecule has 1 aliphatic rings. The Bertz CT molecular complexity index is 1860. The first kappa shape index (κ1) is 26.8. The molecule has 0 unspecified atom stereocenters. The molecule has 2 amide bonds. The summed E-state index contributed by atoms with van der Waals surface area (Å²) in [5.74, 6) is -0.409. The van der Waals surface area contributed by atoms with Gasteiger partial charge in [0.15, 0.2) is 0 Å². The molecule has 8 nitrogen and oxygen atoms in total. The molecule has 3 heterocycles. The molecular weight excluding hydrogens is 561 g/mol. The molecule has 5 aromatic rings. The third-order valence-corrected chi connectivity index (χ3v) is 8.11. The van der Waals surface area contributed by atoms with E-state index in [1.807, 2.05) is 30.3 Å². The van der Waals surface area contributed by atoms with Crippen molar-refractivity contribution in [2.75, 3.05) is 13.6 Å². The van der Waals surface area contributed by atoms with Gasteiger partial charge in [-0.1, -0.05) is 53.5 Å². The molecule has 6 rings (SSSR count). The van der Waals surface area contributed by atoms with Crippen LogP contribution in [0, 0.1) is 0 Å². The third kappa shape index (κ3) is 4.90. The second-order valence-electron chi connectivity index (χ2n) is 9.86. The van der Waals surface area contributed by atoms with E-state index in [4.69, 9.17) is 28.3 Å². The maximum Gasteiger partial charge on any atom is 0.261 e. The second kappa shape index (κ2) is 10.9. The minimum Gasteiger partial charge on any atom is -0.355 e. The normalized spacial score (nSPS) is 12.8. The van der Waals surface area contributed by atoms with Crippen LogP contribution in [0.1, 0.15) is 43.1 Å². The Morgan fingerprint density at radius 1 is 0.951 bits per heavy atom. The van der Waals surface area contributed by atoms with Crippen LogP contribution in [0.15, 0.2) is 83.8 Å². The number of halogens is 2. The summed E-state index contributed by atoms with van der Waals surface area (Å²) in [4.78, 5) is 41.4. The van der Waals surface area contributed by atoms with Gasteiger partial charge in [0.25, 0.3) is 17.4 Å². The first-order valence-corrected chi connectivity index (χ1v) is 13.9. The summed E-state index contributed by atoms with van der Waals surface area (Å²) in [5.41, 5.74) is 5.19. The van der Waals surface area contributed by atoms with E-state index in [0.717, 1.165) is 11.1 Å². The van der Waals surface area contributed by atoms with E-state index in [2.05, 4.69) is 5.32 Å². The smallest absolute Gasteiger partial charge is 0.261 e. The molecule has 0 atom stereocenters. The molecule has 2 aromatic heterocycles. The zero-order valence-electron chi connectivity index (χ0n) is 22.1. The van der Waals surface area contributed by atoms with E-state index in [0.29, 0.717) is 63.2 Å². The summed E-state index contributed by atoms with van der Waals surface area (Å²) in [5, 5.41) is 8.02. The highest BCUT2D eigenvalue weighted by atomic mass is 35.5. The van der Waals surface area contributed by atoms with Gasteiger partial charge in [0.1, 0.15) is 5.65 Å². The summed E-state index contributed by atoms with van der Waals surface area (Å²) in [6, 6.07) is 21.7. The molecule has 41 heavy (non-hydrogen) atoms. The lowest BCUT2D eigenvalue weighted by atomic mass is 10.0. The number of nitrogens with one attached hydrogen (secondary N) is 1. The number of nitrogens with zero attached hydrogens (tertiary/aromatic N) is 4. The Labute approximate surface area is 245 Å². The van der Waals surface area contributed by atoms with Crippen LogP contribution in [0.3, 0.4) is 0 Å². The highest BCUT2D eigenvalue weighted by molar-refractivity contribution is 6.42. The lowest BCUT2D eigenvalue weighted by Crippen LogP contribution is -2.41. The number of hydrogen-bond acceptors (Lipinski definition) is 4. The van der Waals surface area contributed by atoms with Gasteiger partial charge in [-0.3, -0.25) is 19.0 Å². The number of aromatic nitrogens is 3. The van der Waals surface area contributed by atoms with E-state index in [9.17, 15) is 14.4 Å². The van der Waals surface area contributed by atoms with Gasteiger partial charge in [0, 0.05) is 42.3 Å². The average molecular weight is 586 g/mol. The summed E-state index contributed by atoms with van der Waals surface area (Å²) in [6.45, 7) is 0.573. The molecule has 0 saturated heterocycles. The molecule has 10 heteroatoms. The fourth-order valence-electron chi connectivity index (χ4n) is 5.29. The maximum atomic E-state index is 14.1. The predicted molar refractivity (Wildman–Crippen MR) is 158 cm³/mol. The summed E-state index contributed by atoms with van der Waals surface area (Å²) >= 11 is 12.2. The van der Waals surface area contributed by atoms with Crippen LogP contribution in [0.5, 0.6) is 0 Å². The minimum atomic E-state index is -0.208. The highest BCUT2D eigenvalue weighted by Crippen LogP contribution is 2.27. The molecule has 0 aliphatic carbocycles. The van der Waals surface area contributed by atoms with Crippen molar-refractivity contribution in [2.24, 2.45) is 0 Å². The van der Waals surface area contributed by atoms with Gasteiger partial charge >= 0.3 is 0 Å². The van der Waals surface area contributed by atoms with Crippen molar-refractivity contribution in [3.8, 4) is 5.69 Å². The Morgan fingerprint density at radius 3 is 2.39 bits per heavy atom. The monoisotopic (exact) mass is 585 g/mol. The lowest BCUT2D eigenvalue weighted by Gasteiger charge is -2.30. The van der Waals surface area contributed by atoms with Gasteiger partial charge in [-0.05, 0) is 54.4 Å². The van der Waals surface area contributed by atoms with Gasteiger partial charge in [0.2, 0.25) is 0 Å². The standard InChI is InChI=1S/C31H25Cl2N5O3/c1-34-28(39)20-7-10-23(11-8-20)37-29-22(15-19-5-3-2-4-6-19)17-35-38(29)27-18-36(14-13-24(27)31(37)41)30(40)21-9-12-25(32)26(33)16-21/h2-12,16-17H,13-15,18H2,1H3,(H,34,39). The van der Waals surface area contributed by atoms with Crippen LogP contribution in [0.4, 0.5) is 0 Å². The number of amides is 2. The molecule has 0 spiro atoms. The second-order valence-corrected chi connectivity index (χ2v) is 10.7. The van der Waals surface area contributed by atoms with Crippen molar-refractivity contribution in [3.05, 3.63) is 133 Å². The van der Waals surface area contributed by atoms with Gasteiger partial charge in [0.05, 0.1) is 34.2 Å². The fourth-order valence-corrected chi connectivity index (χ4v) is 5.58. The SMILES string of the molecule is CNC(=O)c1ccc(-n2c(=O)c3c(n4ncc(Cc5ccccc5)c24)CN(C(=O)c2ccc(Cl)c(Cl)c2)CC3)cc1. The molecule has 3 aromatic carbocycles. The number of fused-ring (bicyclic) bond motifs is 3. The van der Waals surface area contributed by atoms with Gasteiger partial charge in [-0.25, -0.2) is 4.52 Å². The molecule has 1 N–H and O–H groups in total. The molecule has 0 fully saturated rings.